The highest BCUT2D eigenvalue weighted by atomic mass is 14.9. The van der Waals surface area contributed by atoms with Crippen molar-refractivity contribution in [2.75, 3.05) is 6.54 Å². The topological polar surface area (TPSA) is 12.0 Å². The largest absolute Gasteiger partial charge is 0.314 e. The molecule has 2 bridgehead atoms. The molecule has 1 N–H and O–H groups in total. The normalized spacial score (nSPS) is 29.1. The highest BCUT2D eigenvalue weighted by Gasteiger charge is 2.39. The molecule has 4 atom stereocenters. The van der Waals surface area contributed by atoms with Gasteiger partial charge in [0, 0.05) is 6.04 Å². The van der Waals surface area contributed by atoms with Gasteiger partial charge in [-0.3, -0.25) is 0 Å². The molecule has 0 aromatic rings. The maximum Gasteiger partial charge on any atom is 0.00696 e. The minimum absolute atomic E-state index is 0.815. The van der Waals surface area contributed by atoms with Crippen LogP contribution in [0.4, 0.5) is 0 Å². The van der Waals surface area contributed by atoms with Gasteiger partial charge in [0.25, 0.3) is 0 Å². The summed E-state index contributed by atoms with van der Waals surface area (Å²) in [5, 5.41) is 3.78. The van der Waals surface area contributed by atoms with E-state index in [1.54, 1.807) is 25.7 Å². The van der Waals surface area contributed by atoms with Crippen molar-refractivity contribution >= 4 is 0 Å². The SMILES string of the molecule is CCCCCCCCCC(CC1CC2CCC1C2)NCC. The van der Waals surface area contributed by atoms with E-state index in [2.05, 4.69) is 19.2 Å². The van der Waals surface area contributed by atoms with Crippen LogP contribution in [0.15, 0.2) is 0 Å². The maximum absolute atomic E-state index is 3.78. The first-order valence-corrected chi connectivity index (χ1v) is 10.1. The van der Waals surface area contributed by atoms with Gasteiger partial charge in [-0.25, -0.2) is 0 Å². The predicted octanol–water partition coefficient (Wildman–Crippen LogP) is 5.93. The molecule has 21 heavy (non-hydrogen) atoms. The van der Waals surface area contributed by atoms with E-state index >= 15 is 0 Å². The monoisotopic (exact) mass is 293 g/mol. The van der Waals surface area contributed by atoms with E-state index in [-0.39, 0.29) is 0 Å². The predicted molar refractivity (Wildman–Crippen MR) is 93.6 cm³/mol. The second-order valence-corrected chi connectivity index (χ2v) is 7.84. The second-order valence-electron chi connectivity index (χ2n) is 7.84. The average Bonchev–Trinajstić information content (AvgIpc) is 3.09. The second kappa shape index (κ2) is 9.87. The Hall–Kier alpha value is -0.0400. The zero-order valence-electron chi connectivity index (χ0n) is 14.7. The molecule has 0 aromatic heterocycles. The zero-order valence-corrected chi connectivity index (χ0v) is 14.7. The van der Waals surface area contributed by atoms with Crippen LogP contribution in [0, 0.1) is 17.8 Å². The van der Waals surface area contributed by atoms with E-state index in [1.165, 1.54) is 57.8 Å². The number of rotatable bonds is 12. The van der Waals surface area contributed by atoms with E-state index in [0.29, 0.717) is 0 Å². The quantitative estimate of drug-likeness (QED) is 0.440. The molecular weight excluding hydrogens is 254 g/mol. The van der Waals surface area contributed by atoms with Crippen molar-refractivity contribution < 1.29 is 0 Å². The van der Waals surface area contributed by atoms with Crippen LogP contribution in [-0.4, -0.2) is 12.6 Å². The van der Waals surface area contributed by atoms with E-state index in [0.717, 1.165) is 30.3 Å². The lowest BCUT2D eigenvalue weighted by Crippen LogP contribution is -2.32. The van der Waals surface area contributed by atoms with Crippen molar-refractivity contribution in [1.29, 1.82) is 0 Å². The lowest BCUT2D eigenvalue weighted by molar-refractivity contribution is 0.270. The summed E-state index contributed by atoms with van der Waals surface area (Å²) in [5.41, 5.74) is 0. The molecule has 2 aliphatic rings. The number of unbranched alkanes of at least 4 members (excludes halogenated alkanes) is 6. The molecule has 0 aromatic carbocycles. The molecule has 1 nitrogen and oxygen atoms in total. The fourth-order valence-corrected chi connectivity index (χ4v) is 4.97. The minimum atomic E-state index is 0.815. The molecule has 2 rings (SSSR count). The number of hydrogen-bond donors (Lipinski definition) is 1. The standard InChI is InChI=1S/C20H39N/c1-3-5-6-7-8-9-10-11-20(21-4-2)16-19-15-17-12-13-18(19)14-17/h17-21H,3-16H2,1-2H3. The van der Waals surface area contributed by atoms with Crippen LogP contribution >= 0.6 is 0 Å². The summed E-state index contributed by atoms with van der Waals surface area (Å²) in [6.07, 6.45) is 19.2. The lowest BCUT2D eigenvalue weighted by atomic mass is 9.83. The minimum Gasteiger partial charge on any atom is -0.314 e. The Labute approximate surface area is 133 Å². The lowest BCUT2D eigenvalue weighted by Gasteiger charge is -2.27. The Morgan fingerprint density at radius 3 is 2.29 bits per heavy atom. The molecule has 2 aliphatic carbocycles. The molecule has 0 radical (unpaired) electrons. The Balaban J connectivity index is 1.56. The third kappa shape index (κ3) is 5.93. The van der Waals surface area contributed by atoms with E-state index in [4.69, 9.17) is 0 Å². The summed E-state index contributed by atoms with van der Waals surface area (Å²) in [6, 6.07) is 0.815. The van der Waals surface area contributed by atoms with Gasteiger partial charge in [-0.2, -0.15) is 0 Å². The molecule has 2 saturated carbocycles. The van der Waals surface area contributed by atoms with Crippen LogP contribution in [0.3, 0.4) is 0 Å². The van der Waals surface area contributed by atoms with E-state index in [1.807, 2.05) is 0 Å². The molecular formula is C20H39N. The van der Waals surface area contributed by atoms with Gasteiger partial charge in [0.1, 0.15) is 0 Å². The van der Waals surface area contributed by atoms with Crippen molar-refractivity contribution in [3.05, 3.63) is 0 Å². The summed E-state index contributed by atoms with van der Waals surface area (Å²) in [7, 11) is 0. The summed E-state index contributed by atoms with van der Waals surface area (Å²) in [5.74, 6) is 3.28. The fourth-order valence-electron chi connectivity index (χ4n) is 4.97. The Kier molecular flexibility index (Phi) is 8.14. The van der Waals surface area contributed by atoms with Gasteiger partial charge in [-0.15, -0.1) is 0 Å². The van der Waals surface area contributed by atoms with Crippen molar-refractivity contribution in [1.82, 2.24) is 5.32 Å². The van der Waals surface area contributed by atoms with Crippen molar-refractivity contribution in [2.45, 2.75) is 103 Å². The van der Waals surface area contributed by atoms with Crippen LogP contribution < -0.4 is 5.32 Å². The summed E-state index contributed by atoms with van der Waals surface area (Å²) >= 11 is 0. The van der Waals surface area contributed by atoms with Crippen LogP contribution in [-0.2, 0) is 0 Å². The van der Waals surface area contributed by atoms with Gasteiger partial charge in [-0.05, 0) is 56.4 Å². The van der Waals surface area contributed by atoms with E-state index < -0.39 is 0 Å². The van der Waals surface area contributed by atoms with Gasteiger partial charge in [0.05, 0.1) is 0 Å². The summed E-state index contributed by atoms with van der Waals surface area (Å²) in [6.45, 7) is 5.73. The van der Waals surface area contributed by atoms with E-state index in [9.17, 15) is 0 Å². The van der Waals surface area contributed by atoms with Crippen LogP contribution in [0.2, 0.25) is 0 Å². The van der Waals surface area contributed by atoms with Crippen molar-refractivity contribution in [3.63, 3.8) is 0 Å². The molecule has 0 aliphatic heterocycles. The van der Waals surface area contributed by atoms with Gasteiger partial charge in [0.15, 0.2) is 0 Å². The molecule has 0 heterocycles. The molecule has 124 valence electrons. The van der Waals surface area contributed by atoms with Crippen LogP contribution in [0.1, 0.15) is 97.3 Å². The van der Waals surface area contributed by atoms with Gasteiger partial charge in [0.2, 0.25) is 0 Å². The first-order valence-electron chi connectivity index (χ1n) is 10.1. The number of nitrogens with one attached hydrogen (secondary N) is 1. The Bertz CT molecular complexity index is 263. The van der Waals surface area contributed by atoms with Gasteiger partial charge < -0.3 is 5.32 Å². The van der Waals surface area contributed by atoms with Crippen molar-refractivity contribution in [2.24, 2.45) is 17.8 Å². The number of fused-ring (bicyclic) bond motifs is 2. The summed E-state index contributed by atoms with van der Waals surface area (Å²) in [4.78, 5) is 0. The maximum atomic E-state index is 3.78. The van der Waals surface area contributed by atoms with Crippen LogP contribution in [0.5, 0.6) is 0 Å². The fraction of sp³-hybridized carbons (Fsp3) is 1.00. The number of hydrogen-bond acceptors (Lipinski definition) is 1. The smallest absolute Gasteiger partial charge is 0.00696 e. The first-order chi connectivity index (χ1) is 10.3. The third-order valence-corrected chi connectivity index (χ3v) is 6.12. The first kappa shape index (κ1) is 17.3. The molecule has 1 heteroatoms. The Morgan fingerprint density at radius 2 is 1.67 bits per heavy atom. The molecule has 2 fully saturated rings. The zero-order chi connectivity index (χ0) is 14.9. The highest BCUT2D eigenvalue weighted by Crippen LogP contribution is 2.50. The molecule has 4 unspecified atom stereocenters. The molecule has 0 amide bonds. The van der Waals surface area contributed by atoms with Crippen molar-refractivity contribution in [3.8, 4) is 0 Å². The summed E-state index contributed by atoms with van der Waals surface area (Å²) < 4.78 is 0. The molecule has 0 spiro atoms. The Morgan fingerprint density at radius 1 is 0.905 bits per heavy atom. The van der Waals surface area contributed by atoms with Crippen LogP contribution in [0.25, 0.3) is 0 Å². The average molecular weight is 294 g/mol. The van der Waals surface area contributed by atoms with Gasteiger partial charge >= 0.3 is 0 Å². The third-order valence-electron chi connectivity index (χ3n) is 6.12. The molecule has 0 saturated heterocycles. The highest BCUT2D eigenvalue weighted by molar-refractivity contribution is 4.91. The van der Waals surface area contributed by atoms with Gasteiger partial charge in [-0.1, -0.05) is 65.2 Å².